The van der Waals surface area contributed by atoms with E-state index in [4.69, 9.17) is 9.57 Å². The van der Waals surface area contributed by atoms with Crippen LogP contribution in [0.2, 0.25) is 0 Å². The van der Waals surface area contributed by atoms with E-state index in [0.717, 1.165) is 26.2 Å². The summed E-state index contributed by atoms with van der Waals surface area (Å²) in [5, 5.41) is 4.94. The second kappa shape index (κ2) is 6.15. The Morgan fingerprint density at radius 3 is 2.56 bits per heavy atom. The van der Waals surface area contributed by atoms with Crippen LogP contribution < -0.4 is 5.32 Å². The van der Waals surface area contributed by atoms with Crippen LogP contribution in [-0.4, -0.2) is 75.0 Å². The Kier molecular flexibility index (Phi) is 4.53. The fourth-order valence-corrected chi connectivity index (χ4v) is 1.86. The Labute approximate surface area is 95.4 Å². The smallest absolute Gasteiger partial charge is 0.339 e. The van der Waals surface area contributed by atoms with Crippen molar-refractivity contribution in [3.8, 4) is 0 Å². The average Bonchev–Trinajstić information content (AvgIpc) is 2.31. The van der Waals surface area contributed by atoms with Gasteiger partial charge in [0.15, 0.2) is 0 Å². The SMILES string of the molecule is O=C(CN1CCNCC1)ON1CCOCC1. The Morgan fingerprint density at radius 1 is 1.19 bits per heavy atom. The fourth-order valence-electron chi connectivity index (χ4n) is 1.86. The van der Waals surface area contributed by atoms with E-state index in [9.17, 15) is 4.79 Å². The van der Waals surface area contributed by atoms with Crippen molar-refractivity contribution in [2.75, 3.05) is 59.0 Å². The summed E-state index contributed by atoms with van der Waals surface area (Å²) in [6, 6.07) is 0. The second-order valence-electron chi connectivity index (χ2n) is 4.03. The maximum Gasteiger partial charge on any atom is 0.339 e. The molecule has 2 heterocycles. The van der Waals surface area contributed by atoms with E-state index in [1.165, 1.54) is 0 Å². The minimum absolute atomic E-state index is 0.163. The van der Waals surface area contributed by atoms with E-state index in [-0.39, 0.29) is 5.97 Å². The summed E-state index contributed by atoms with van der Waals surface area (Å²) in [6.45, 7) is 6.74. The summed E-state index contributed by atoms with van der Waals surface area (Å²) in [4.78, 5) is 19.0. The van der Waals surface area contributed by atoms with Gasteiger partial charge in [0.25, 0.3) is 0 Å². The van der Waals surface area contributed by atoms with Gasteiger partial charge in [0.1, 0.15) is 0 Å². The Balaban J connectivity index is 1.66. The fraction of sp³-hybridized carbons (Fsp3) is 0.900. The van der Waals surface area contributed by atoms with Gasteiger partial charge < -0.3 is 14.9 Å². The highest BCUT2D eigenvalue weighted by molar-refractivity contribution is 5.71. The van der Waals surface area contributed by atoms with E-state index in [0.29, 0.717) is 32.8 Å². The maximum absolute atomic E-state index is 11.6. The zero-order valence-corrected chi connectivity index (χ0v) is 9.48. The number of morpholine rings is 1. The molecule has 0 saturated carbocycles. The molecular formula is C10H19N3O3. The minimum atomic E-state index is -0.163. The van der Waals surface area contributed by atoms with Crippen LogP contribution in [0.5, 0.6) is 0 Å². The summed E-state index contributed by atoms with van der Waals surface area (Å²) < 4.78 is 5.18. The number of ether oxygens (including phenoxy) is 1. The summed E-state index contributed by atoms with van der Waals surface area (Å²) in [7, 11) is 0. The van der Waals surface area contributed by atoms with Gasteiger partial charge in [0, 0.05) is 26.2 Å². The van der Waals surface area contributed by atoms with E-state index in [2.05, 4.69) is 10.2 Å². The highest BCUT2D eigenvalue weighted by Gasteiger charge is 2.18. The van der Waals surface area contributed by atoms with Gasteiger partial charge in [-0.2, -0.15) is 0 Å². The highest BCUT2D eigenvalue weighted by Crippen LogP contribution is 2.00. The van der Waals surface area contributed by atoms with Gasteiger partial charge >= 0.3 is 5.97 Å². The summed E-state index contributed by atoms with van der Waals surface area (Å²) in [5.74, 6) is -0.163. The predicted molar refractivity (Wildman–Crippen MR) is 57.8 cm³/mol. The molecule has 6 heteroatoms. The first-order valence-corrected chi connectivity index (χ1v) is 5.81. The van der Waals surface area contributed by atoms with Crippen molar-refractivity contribution >= 4 is 5.97 Å². The quantitative estimate of drug-likeness (QED) is 0.648. The zero-order valence-electron chi connectivity index (χ0n) is 9.48. The lowest BCUT2D eigenvalue weighted by atomic mass is 10.3. The maximum atomic E-state index is 11.6. The molecule has 2 saturated heterocycles. The summed E-state index contributed by atoms with van der Waals surface area (Å²) in [5.41, 5.74) is 0. The van der Waals surface area contributed by atoms with Crippen LogP contribution in [0.15, 0.2) is 0 Å². The van der Waals surface area contributed by atoms with Crippen molar-refractivity contribution in [2.24, 2.45) is 0 Å². The van der Waals surface area contributed by atoms with Crippen molar-refractivity contribution in [3.63, 3.8) is 0 Å². The van der Waals surface area contributed by atoms with Crippen LogP contribution in [0, 0.1) is 0 Å². The molecule has 0 aliphatic carbocycles. The van der Waals surface area contributed by atoms with Crippen LogP contribution in [-0.2, 0) is 14.4 Å². The van der Waals surface area contributed by atoms with Crippen molar-refractivity contribution < 1.29 is 14.4 Å². The molecule has 92 valence electrons. The van der Waals surface area contributed by atoms with E-state index < -0.39 is 0 Å². The van der Waals surface area contributed by atoms with Gasteiger partial charge in [-0.25, -0.2) is 4.79 Å². The molecule has 2 aliphatic heterocycles. The van der Waals surface area contributed by atoms with Gasteiger partial charge in [-0.15, -0.1) is 5.06 Å². The molecule has 0 aromatic carbocycles. The van der Waals surface area contributed by atoms with Gasteiger partial charge in [0.2, 0.25) is 0 Å². The van der Waals surface area contributed by atoms with Crippen molar-refractivity contribution in [1.82, 2.24) is 15.3 Å². The van der Waals surface area contributed by atoms with Gasteiger partial charge in [0.05, 0.1) is 32.8 Å². The van der Waals surface area contributed by atoms with E-state index in [1.807, 2.05) is 0 Å². The lowest BCUT2D eigenvalue weighted by molar-refractivity contribution is -0.206. The molecule has 0 atom stereocenters. The Bertz CT molecular complexity index is 203. The molecule has 0 aromatic rings. The second-order valence-corrected chi connectivity index (χ2v) is 4.03. The number of hydrogen-bond acceptors (Lipinski definition) is 6. The normalized spacial score (nSPS) is 24.2. The Morgan fingerprint density at radius 2 is 1.88 bits per heavy atom. The van der Waals surface area contributed by atoms with Crippen LogP contribution in [0.1, 0.15) is 0 Å². The number of piperazine rings is 1. The molecule has 16 heavy (non-hydrogen) atoms. The lowest BCUT2D eigenvalue weighted by Gasteiger charge is -2.28. The third-order valence-electron chi connectivity index (χ3n) is 2.76. The third-order valence-corrected chi connectivity index (χ3v) is 2.76. The predicted octanol–water partition coefficient (Wildman–Crippen LogP) is -1.32. The van der Waals surface area contributed by atoms with E-state index >= 15 is 0 Å². The molecule has 2 rings (SSSR count). The van der Waals surface area contributed by atoms with Crippen LogP contribution in [0.25, 0.3) is 0 Å². The summed E-state index contributed by atoms with van der Waals surface area (Å²) >= 11 is 0. The molecule has 0 spiro atoms. The average molecular weight is 229 g/mol. The van der Waals surface area contributed by atoms with Crippen LogP contribution in [0.3, 0.4) is 0 Å². The number of carbonyl (C=O) groups excluding carboxylic acids is 1. The topological polar surface area (TPSA) is 54.0 Å². The number of nitrogens with one attached hydrogen (secondary N) is 1. The first-order valence-electron chi connectivity index (χ1n) is 5.81. The molecule has 1 N–H and O–H groups in total. The number of rotatable bonds is 3. The van der Waals surface area contributed by atoms with Gasteiger partial charge in [-0.1, -0.05) is 0 Å². The molecule has 2 fully saturated rings. The van der Waals surface area contributed by atoms with Crippen molar-refractivity contribution in [1.29, 1.82) is 0 Å². The van der Waals surface area contributed by atoms with Gasteiger partial charge in [-0.3, -0.25) is 4.90 Å². The zero-order chi connectivity index (χ0) is 11.2. The van der Waals surface area contributed by atoms with Crippen LogP contribution >= 0.6 is 0 Å². The Hall–Kier alpha value is -0.690. The molecular weight excluding hydrogens is 210 g/mol. The standard InChI is InChI=1S/C10H19N3O3/c14-10(9-12-3-1-11-2-4-12)16-13-5-7-15-8-6-13/h11H,1-9H2. The first kappa shape index (κ1) is 11.8. The monoisotopic (exact) mass is 229 g/mol. The number of carbonyl (C=O) groups is 1. The molecule has 0 radical (unpaired) electrons. The number of hydroxylamine groups is 2. The largest absolute Gasteiger partial charge is 0.379 e. The lowest BCUT2D eigenvalue weighted by Crippen LogP contribution is -2.47. The highest BCUT2D eigenvalue weighted by atomic mass is 16.7. The van der Waals surface area contributed by atoms with E-state index in [1.54, 1.807) is 5.06 Å². The molecule has 0 bridgehead atoms. The van der Waals surface area contributed by atoms with Crippen molar-refractivity contribution in [3.05, 3.63) is 0 Å². The summed E-state index contributed by atoms with van der Waals surface area (Å²) in [6.07, 6.45) is 0. The van der Waals surface area contributed by atoms with Gasteiger partial charge in [-0.05, 0) is 0 Å². The minimum Gasteiger partial charge on any atom is -0.379 e. The van der Waals surface area contributed by atoms with Crippen molar-refractivity contribution in [2.45, 2.75) is 0 Å². The third kappa shape index (κ3) is 3.71. The number of nitrogens with zero attached hydrogens (tertiary/aromatic N) is 2. The van der Waals surface area contributed by atoms with Crippen LogP contribution in [0.4, 0.5) is 0 Å². The molecule has 6 nitrogen and oxygen atoms in total. The molecule has 2 aliphatic rings. The molecule has 0 amide bonds. The first-order chi connectivity index (χ1) is 7.84. The molecule has 0 unspecified atom stereocenters. The molecule has 0 aromatic heterocycles. The number of hydrogen-bond donors (Lipinski definition) is 1.